The van der Waals surface area contributed by atoms with E-state index in [1.54, 1.807) is 0 Å². The van der Waals surface area contributed by atoms with Crippen molar-refractivity contribution in [1.82, 2.24) is 19.6 Å². The number of benzene rings is 2. The summed E-state index contributed by atoms with van der Waals surface area (Å²) >= 11 is 0. The van der Waals surface area contributed by atoms with E-state index in [9.17, 15) is 4.79 Å². The fourth-order valence-corrected chi connectivity index (χ4v) is 4.72. The molecule has 4 rings (SSSR count). The molecule has 1 aliphatic rings. The third-order valence-electron chi connectivity index (χ3n) is 6.73. The van der Waals surface area contributed by atoms with Crippen LogP contribution in [0.4, 0.5) is 5.69 Å². The van der Waals surface area contributed by atoms with Crippen molar-refractivity contribution in [1.29, 1.82) is 0 Å². The van der Waals surface area contributed by atoms with Gasteiger partial charge in [0.1, 0.15) is 5.69 Å². The van der Waals surface area contributed by atoms with E-state index < -0.39 is 0 Å². The van der Waals surface area contributed by atoms with Crippen LogP contribution < -0.4 is 5.32 Å². The van der Waals surface area contributed by atoms with Gasteiger partial charge in [-0.1, -0.05) is 52.0 Å². The highest BCUT2D eigenvalue weighted by molar-refractivity contribution is 6.27. The first-order valence-electron chi connectivity index (χ1n) is 12.0. The molecule has 1 N–H and O–H groups in total. The van der Waals surface area contributed by atoms with E-state index in [1.807, 2.05) is 30.3 Å². The maximum absolute atomic E-state index is 13.6. The number of nitrogens with zero attached hydrogens (tertiary/aromatic N) is 4. The minimum absolute atomic E-state index is 0. The zero-order valence-electron chi connectivity index (χ0n) is 20.2. The van der Waals surface area contributed by atoms with Crippen molar-refractivity contribution in [3.8, 4) is 11.3 Å². The van der Waals surface area contributed by atoms with Gasteiger partial charge in [0.25, 0.3) is 0 Å². The van der Waals surface area contributed by atoms with Gasteiger partial charge in [-0.15, -0.1) is 12.4 Å². The molecule has 1 aliphatic carbocycles. The molecule has 33 heavy (non-hydrogen) atoms. The second-order valence-corrected chi connectivity index (χ2v) is 8.31. The van der Waals surface area contributed by atoms with Gasteiger partial charge in [0, 0.05) is 41.8 Å². The predicted molar refractivity (Wildman–Crippen MR) is 140 cm³/mol. The van der Waals surface area contributed by atoms with Crippen molar-refractivity contribution in [2.24, 2.45) is 0 Å². The highest BCUT2D eigenvalue weighted by Crippen LogP contribution is 2.41. The molecule has 0 bridgehead atoms. The van der Waals surface area contributed by atoms with Crippen molar-refractivity contribution in [3.05, 3.63) is 47.5 Å². The number of likely N-dealkylation sites (N-methyl/N-ethyl adjacent to an activating group) is 2. The number of hydrogen-bond donors (Lipinski definition) is 1. The third kappa shape index (κ3) is 4.79. The lowest BCUT2D eigenvalue weighted by Gasteiger charge is -2.21. The van der Waals surface area contributed by atoms with Crippen LogP contribution in [0.25, 0.3) is 22.2 Å². The Morgan fingerprint density at radius 2 is 1.52 bits per heavy atom. The topological polar surface area (TPSA) is 53.4 Å². The Balaban J connectivity index is 0.00000306. The zero-order valence-corrected chi connectivity index (χ0v) is 21.0. The van der Waals surface area contributed by atoms with Crippen molar-refractivity contribution >= 4 is 34.8 Å². The number of anilines is 1. The number of aromatic nitrogens is 2. The summed E-state index contributed by atoms with van der Waals surface area (Å²) in [5.74, 6) is 0.0901. The Kier molecular flexibility index (Phi) is 8.51. The van der Waals surface area contributed by atoms with Gasteiger partial charge < -0.3 is 15.1 Å². The monoisotopic (exact) mass is 469 g/mol. The van der Waals surface area contributed by atoms with Gasteiger partial charge >= 0.3 is 0 Å². The average Bonchev–Trinajstić information content (AvgIpc) is 3.20. The van der Waals surface area contributed by atoms with Crippen LogP contribution in [0.2, 0.25) is 0 Å². The molecule has 0 atom stereocenters. The molecule has 7 heteroatoms. The third-order valence-corrected chi connectivity index (χ3v) is 6.73. The summed E-state index contributed by atoms with van der Waals surface area (Å²) in [6, 6.07) is 12.1. The Labute approximate surface area is 203 Å². The second kappa shape index (κ2) is 11.1. The smallest absolute Gasteiger partial charge is 0.196 e. The van der Waals surface area contributed by atoms with Crippen molar-refractivity contribution in [3.63, 3.8) is 0 Å². The molecule has 0 amide bonds. The van der Waals surface area contributed by atoms with E-state index in [0.29, 0.717) is 0 Å². The summed E-state index contributed by atoms with van der Waals surface area (Å²) in [4.78, 5) is 18.4. The molecule has 0 aliphatic heterocycles. The van der Waals surface area contributed by atoms with Gasteiger partial charge in [0.2, 0.25) is 0 Å². The van der Waals surface area contributed by atoms with Gasteiger partial charge in [-0.2, -0.15) is 5.10 Å². The van der Waals surface area contributed by atoms with Gasteiger partial charge in [-0.05, 0) is 38.3 Å². The molecule has 1 heterocycles. The molecule has 1 aromatic heterocycles. The summed E-state index contributed by atoms with van der Waals surface area (Å²) in [6.07, 6.45) is 0. The van der Waals surface area contributed by atoms with Crippen LogP contribution in [0.15, 0.2) is 36.4 Å². The van der Waals surface area contributed by atoms with E-state index in [1.165, 1.54) is 0 Å². The van der Waals surface area contributed by atoms with Gasteiger partial charge in [0.15, 0.2) is 5.78 Å². The van der Waals surface area contributed by atoms with Crippen LogP contribution in [0.3, 0.4) is 0 Å². The highest BCUT2D eigenvalue weighted by atomic mass is 35.5. The first-order chi connectivity index (χ1) is 15.6. The molecule has 6 nitrogen and oxygen atoms in total. The number of nitrogens with one attached hydrogen (secondary N) is 1. The van der Waals surface area contributed by atoms with E-state index in [0.717, 1.165) is 91.3 Å². The second-order valence-electron chi connectivity index (χ2n) is 8.31. The zero-order chi connectivity index (χ0) is 22.7. The summed E-state index contributed by atoms with van der Waals surface area (Å²) in [7, 11) is 0. The van der Waals surface area contributed by atoms with Crippen molar-refractivity contribution < 1.29 is 4.79 Å². The largest absolute Gasteiger partial charge is 0.383 e. The molecule has 2 aromatic carbocycles. The molecule has 0 saturated heterocycles. The molecular formula is C26H36ClN5O. The molecule has 178 valence electrons. The quantitative estimate of drug-likeness (QED) is 0.343. The minimum Gasteiger partial charge on any atom is -0.383 e. The van der Waals surface area contributed by atoms with E-state index in [-0.39, 0.29) is 18.2 Å². The van der Waals surface area contributed by atoms with Crippen LogP contribution in [-0.4, -0.2) is 71.2 Å². The molecule has 0 unspecified atom stereocenters. The Morgan fingerprint density at radius 3 is 2.21 bits per heavy atom. The van der Waals surface area contributed by atoms with Crippen LogP contribution in [0.5, 0.6) is 0 Å². The minimum atomic E-state index is 0. The maximum atomic E-state index is 13.6. The molecule has 0 fully saturated rings. The number of carbonyl (C=O) groups is 1. The lowest BCUT2D eigenvalue weighted by molar-refractivity contribution is 0.104. The average molecular weight is 470 g/mol. The molecule has 0 radical (unpaired) electrons. The van der Waals surface area contributed by atoms with Crippen LogP contribution >= 0.6 is 12.4 Å². The Hall–Kier alpha value is -2.41. The first-order valence-corrected chi connectivity index (χ1v) is 12.0. The maximum Gasteiger partial charge on any atom is 0.196 e. The predicted octanol–water partition coefficient (Wildman–Crippen LogP) is 4.77. The van der Waals surface area contributed by atoms with E-state index in [2.05, 4.69) is 53.6 Å². The standard InChI is InChI=1S/C26H35N5O.ClH/c1-5-29(6-2)16-15-27-21-13-9-11-19-23(21)26(32)20-12-10-14-22-24(20)25(19)28-31(22)18-17-30(7-3)8-4;/h9-14,27H,5-8,15-18H2,1-4H3;1H. The Morgan fingerprint density at radius 1 is 0.879 bits per heavy atom. The summed E-state index contributed by atoms with van der Waals surface area (Å²) in [5.41, 5.74) is 5.33. The van der Waals surface area contributed by atoms with Crippen LogP contribution in [0.1, 0.15) is 43.6 Å². The Bertz CT molecular complexity index is 1100. The first kappa shape index (κ1) is 25.2. The summed E-state index contributed by atoms with van der Waals surface area (Å²) in [6.45, 7) is 16.3. The lowest BCUT2D eigenvalue weighted by atomic mass is 9.86. The number of rotatable bonds is 11. The fourth-order valence-electron chi connectivity index (χ4n) is 4.72. The van der Waals surface area contributed by atoms with Crippen molar-refractivity contribution in [2.75, 3.05) is 51.1 Å². The molecular weight excluding hydrogens is 434 g/mol. The SMILES string of the molecule is CCN(CC)CCNc1cccc2c1C(=O)c1cccc3c1c-2nn3CCN(CC)CC.Cl. The highest BCUT2D eigenvalue weighted by Gasteiger charge is 2.30. The van der Waals surface area contributed by atoms with Crippen LogP contribution in [-0.2, 0) is 6.54 Å². The number of halogens is 1. The molecule has 0 spiro atoms. The number of hydrogen-bond acceptors (Lipinski definition) is 5. The lowest BCUT2D eigenvalue weighted by Crippen LogP contribution is -2.29. The molecule has 0 saturated carbocycles. The number of carbonyl (C=O) groups excluding carboxylic acids is 1. The summed E-state index contributed by atoms with van der Waals surface area (Å²) in [5, 5.41) is 9.53. The normalized spacial score (nSPS) is 12.4. The van der Waals surface area contributed by atoms with Crippen LogP contribution in [0, 0.1) is 0 Å². The number of fused-ring (bicyclic) bond motifs is 2. The molecule has 3 aromatic rings. The van der Waals surface area contributed by atoms with Gasteiger partial charge in [-0.3, -0.25) is 9.48 Å². The van der Waals surface area contributed by atoms with E-state index >= 15 is 0 Å². The van der Waals surface area contributed by atoms with Gasteiger partial charge in [0.05, 0.1) is 17.6 Å². The number of ketones is 1. The van der Waals surface area contributed by atoms with E-state index in [4.69, 9.17) is 5.10 Å². The summed E-state index contributed by atoms with van der Waals surface area (Å²) < 4.78 is 2.08. The fraction of sp³-hybridized carbons (Fsp3) is 0.462. The van der Waals surface area contributed by atoms with Crippen molar-refractivity contribution in [2.45, 2.75) is 34.2 Å². The van der Waals surface area contributed by atoms with Gasteiger partial charge in [-0.25, -0.2) is 0 Å².